The Morgan fingerprint density at radius 2 is 1.90 bits per heavy atom. The number of hydrogen-bond donors (Lipinski definition) is 0. The largest absolute Gasteiger partial charge is 0.339 e. The Morgan fingerprint density at radius 3 is 2.50 bits per heavy atom. The maximum absolute atomic E-state index is 12.3. The van der Waals surface area contributed by atoms with Gasteiger partial charge in [0.1, 0.15) is 0 Å². The summed E-state index contributed by atoms with van der Waals surface area (Å²) in [6.07, 6.45) is 7.66. The number of carbonyl (C=O) groups excluding carboxylic acids is 1. The van der Waals surface area contributed by atoms with E-state index in [2.05, 4.69) is 9.97 Å². The van der Waals surface area contributed by atoms with Gasteiger partial charge in [-0.05, 0) is 43.2 Å². The quantitative estimate of drug-likeness (QED) is 0.851. The van der Waals surface area contributed by atoms with Gasteiger partial charge in [-0.25, -0.2) is 0 Å². The molecule has 0 atom stereocenters. The zero-order valence-corrected chi connectivity index (χ0v) is 12.2. The molecular formula is C15H18ClN3O. The smallest absolute Gasteiger partial charge is 0.255 e. The third-order valence-corrected chi connectivity index (χ3v) is 3.00. The minimum atomic E-state index is 0. The zero-order valence-electron chi connectivity index (χ0n) is 11.4. The van der Waals surface area contributed by atoms with Gasteiger partial charge in [0.05, 0.1) is 5.56 Å². The number of aromatic nitrogens is 2. The van der Waals surface area contributed by atoms with Crippen LogP contribution in [0.3, 0.4) is 0 Å². The number of carbonyl (C=O) groups is 1. The molecule has 2 rings (SSSR count). The van der Waals surface area contributed by atoms with Crippen molar-refractivity contribution in [2.24, 2.45) is 0 Å². The minimum absolute atomic E-state index is 0. The van der Waals surface area contributed by atoms with Crippen LogP contribution >= 0.6 is 12.4 Å². The van der Waals surface area contributed by atoms with Crippen molar-refractivity contribution in [1.82, 2.24) is 14.9 Å². The Labute approximate surface area is 125 Å². The highest BCUT2D eigenvalue weighted by Gasteiger charge is 2.13. The number of rotatable bonds is 5. The lowest BCUT2D eigenvalue weighted by Crippen LogP contribution is -2.32. The predicted octanol–water partition coefficient (Wildman–Crippen LogP) is 2.60. The van der Waals surface area contributed by atoms with E-state index in [1.807, 2.05) is 24.0 Å². The molecular weight excluding hydrogens is 274 g/mol. The van der Waals surface area contributed by atoms with Gasteiger partial charge in [0, 0.05) is 37.9 Å². The van der Waals surface area contributed by atoms with Crippen LogP contribution in [0.15, 0.2) is 49.1 Å². The summed E-state index contributed by atoms with van der Waals surface area (Å²) in [5.41, 5.74) is 1.83. The Bertz CT molecular complexity index is 519. The van der Waals surface area contributed by atoms with Crippen LogP contribution in [0, 0.1) is 0 Å². The first-order chi connectivity index (χ1) is 9.31. The molecule has 0 saturated heterocycles. The molecule has 106 valence electrons. The molecule has 2 heterocycles. The lowest BCUT2D eigenvalue weighted by molar-refractivity contribution is 0.0766. The molecule has 0 fully saturated rings. The number of hydrogen-bond acceptors (Lipinski definition) is 3. The molecule has 0 spiro atoms. The molecule has 5 heteroatoms. The lowest BCUT2D eigenvalue weighted by Gasteiger charge is -2.20. The maximum atomic E-state index is 12.3. The summed E-state index contributed by atoms with van der Waals surface area (Å²) in [6.45, 7) is 3.38. The molecule has 0 aromatic carbocycles. The molecule has 2 aromatic rings. The average Bonchev–Trinajstić information content (AvgIpc) is 2.49. The summed E-state index contributed by atoms with van der Waals surface area (Å²) in [5.74, 6) is 0.0321. The molecule has 0 radical (unpaired) electrons. The van der Waals surface area contributed by atoms with Crippen LogP contribution < -0.4 is 0 Å². The van der Waals surface area contributed by atoms with Gasteiger partial charge in [0.15, 0.2) is 0 Å². The van der Waals surface area contributed by atoms with E-state index in [4.69, 9.17) is 0 Å². The Balaban J connectivity index is 0.00000200. The van der Waals surface area contributed by atoms with Crippen molar-refractivity contribution in [1.29, 1.82) is 0 Å². The molecule has 0 saturated carbocycles. The van der Waals surface area contributed by atoms with E-state index in [0.717, 1.165) is 6.42 Å². The SMILES string of the molecule is CCN(CCc1ccncc1)C(=O)c1cccnc1.Cl. The summed E-state index contributed by atoms with van der Waals surface area (Å²) < 4.78 is 0. The number of amides is 1. The van der Waals surface area contributed by atoms with Crippen molar-refractivity contribution < 1.29 is 4.79 Å². The molecule has 4 nitrogen and oxygen atoms in total. The van der Waals surface area contributed by atoms with Gasteiger partial charge in [0.25, 0.3) is 5.91 Å². The normalized spacial score (nSPS) is 9.65. The first kappa shape index (κ1) is 16.1. The molecule has 2 aromatic heterocycles. The van der Waals surface area contributed by atoms with Crippen LogP contribution in [0.5, 0.6) is 0 Å². The van der Waals surface area contributed by atoms with E-state index in [9.17, 15) is 4.79 Å². The van der Waals surface area contributed by atoms with E-state index >= 15 is 0 Å². The van der Waals surface area contributed by atoms with Crippen LogP contribution in [-0.2, 0) is 6.42 Å². The molecule has 0 N–H and O–H groups in total. The maximum Gasteiger partial charge on any atom is 0.255 e. The highest BCUT2D eigenvalue weighted by atomic mass is 35.5. The molecule has 0 aliphatic heterocycles. The number of nitrogens with zero attached hydrogens (tertiary/aromatic N) is 3. The molecule has 0 aliphatic rings. The fraction of sp³-hybridized carbons (Fsp3) is 0.267. The van der Waals surface area contributed by atoms with Gasteiger partial charge >= 0.3 is 0 Å². The van der Waals surface area contributed by atoms with Crippen molar-refractivity contribution in [3.05, 3.63) is 60.2 Å². The third kappa shape index (κ3) is 4.31. The van der Waals surface area contributed by atoms with Crippen LogP contribution in [0.4, 0.5) is 0 Å². The van der Waals surface area contributed by atoms with Crippen molar-refractivity contribution in [3.8, 4) is 0 Å². The first-order valence-corrected chi connectivity index (χ1v) is 6.39. The summed E-state index contributed by atoms with van der Waals surface area (Å²) in [5, 5.41) is 0. The van der Waals surface area contributed by atoms with E-state index in [1.54, 1.807) is 36.9 Å². The highest BCUT2D eigenvalue weighted by molar-refractivity contribution is 5.93. The second-order valence-corrected chi connectivity index (χ2v) is 4.23. The molecule has 0 unspecified atom stereocenters. The summed E-state index contributed by atoms with van der Waals surface area (Å²) >= 11 is 0. The number of halogens is 1. The minimum Gasteiger partial charge on any atom is -0.339 e. The van der Waals surface area contributed by atoms with Gasteiger partial charge in [0.2, 0.25) is 0 Å². The topological polar surface area (TPSA) is 46.1 Å². The Hall–Kier alpha value is -1.94. The highest BCUT2D eigenvalue weighted by Crippen LogP contribution is 2.05. The predicted molar refractivity (Wildman–Crippen MR) is 81.0 cm³/mol. The van der Waals surface area contributed by atoms with Gasteiger partial charge in [-0.1, -0.05) is 0 Å². The second kappa shape index (κ2) is 8.27. The first-order valence-electron chi connectivity index (χ1n) is 6.39. The summed E-state index contributed by atoms with van der Waals surface area (Å²) in [4.78, 5) is 22.1. The Morgan fingerprint density at radius 1 is 1.15 bits per heavy atom. The van der Waals surface area contributed by atoms with E-state index in [1.165, 1.54) is 5.56 Å². The fourth-order valence-corrected chi connectivity index (χ4v) is 1.89. The van der Waals surface area contributed by atoms with Crippen molar-refractivity contribution in [2.45, 2.75) is 13.3 Å². The molecule has 0 bridgehead atoms. The van der Waals surface area contributed by atoms with Crippen molar-refractivity contribution in [2.75, 3.05) is 13.1 Å². The zero-order chi connectivity index (χ0) is 13.5. The van der Waals surface area contributed by atoms with E-state index < -0.39 is 0 Å². The van der Waals surface area contributed by atoms with Crippen LogP contribution in [0.1, 0.15) is 22.8 Å². The lowest BCUT2D eigenvalue weighted by atomic mass is 10.2. The van der Waals surface area contributed by atoms with E-state index in [0.29, 0.717) is 18.7 Å². The summed E-state index contributed by atoms with van der Waals surface area (Å²) in [7, 11) is 0. The molecule has 1 amide bonds. The van der Waals surface area contributed by atoms with Crippen LogP contribution in [0.25, 0.3) is 0 Å². The Kier molecular flexibility index (Phi) is 6.67. The van der Waals surface area contributed by atoms with Crippen LogP contribution in [-0.4, -0.2) is 33.9 Å². The third-order valence-electron chi connectivity index (χ3n) is 3.00. The molecule has 0 aliphatic carbocycles. The van der Waals surface area contributed by atoms with Gasteiger partial charge in [-0.3, -0.25) is 14.8 Å². The van der Waals surface area contributed by atoms with Crippen LogP contribution in [0.2, 0.25) is 0 Å². The summed E-state index contributed by atoms with van der Waals surface area (Å²) in [6, 6.07) is 7.53. The van der Waals surface area contributed by atoms with Gasteiger partial charge < -0.3 is 4.90 Å². The van der Waals surface area contributed by atoms with Gasteiger partial charge in [-0.15, -0.1) is 12.4 Å². The number of likely N-dealkylation sites (N-methyl/N-ethyl adjacent to an activating group) is 1. The van der Waals surface area contributed by atoms with E-state index in [-0.39, 0.29) is 18.3 Å². The average molecular weight is 292 g/mol. The van der Waals surface area contributed by atoms with Gasteiger partial charge in [-0.2, -0.15) is 0 Å². The second-order valence-electron chi connectivity index (χ2n) is 4.23. The monoisotopic (exact) mass is 291 g/mol. The van der Waals surface area contributed by atoms with Crippen molar-refractivity contribution in [3.63, 3.8) is 0 Å². The fourth-order valence-electron chi connectivity index (χ4n) is 1.89. The molecule has 20 heavy (non-hydrogen) atoms. The standard InChI is InChI=1S/C15H17N3O.ClH/c1-2-18(11-7-13-5-9-16-10-6-13)15(19)14-4-3-8-17-12-14;/h3-6,8-10,12H,2,7,11H2,1H3;1H. The number of pyridine rings is 2. The van der Waals surface area contributed by atoms with Crippen molar-refractivity contribution >= 4 is 18.3 Å².